The molecule has 0 aliphatic rings. The van der Waals surface area contributed by atoms with Crippen molar-refractivity contribution < 1.29 is 0 Å². The van der Waals surface area contributed by atoms with Crippen molar-refractivity contribution in [2.45, 2.75) is 0 Å². The normalized spacial score (nSPS) is 11.6. The van der Waals surface area contributed by atoms with Crippen LogP contribution in [0.25, 0.3) is 93.6 Å². The van der Waals surface area contributed by atoms with Gasteiger partial charge in [0.05, 0.1) is 62.1 Å². The topological polar surface area (TPSA) is 62.4 Å². The monoisotopic (exact) mass is 699 g/mol. The fraction of sp³-hybridized carbons (Fsp3) is 0. The largest absolute Gasteiger partial charge is 0.309 e. The molecule has 8 aromatic carbocycles. The summed E-state index contributed by atoms with van der Waals surface area (Å²) in [5.41, 5.74) is 12.6. The first-order valence-electron chi connectivity index (χ1n) is 18.3. The van der Waals surface area contributed by atoms with Gasteiger partial charge in [-0.2, -0.15) is 10.5 Å². The van der Waals surface area contributed by atoms with Gasteiger partial charge in [-0.3, -0.25) is 0 Å². The van der Waals surface area contributed by atoms with Crippen LogP contribution in [-0.4, -0.2) is 13.7 Å². The number of fused-ring (bicyclic) bond motifs is 9. The maximum absolute atomic E-state index is 10.6. The van der Waals surface area contributed by atoms with E-state index in [-0.39, 0.29) is 0 Å². The standard InChI is InChI=1S/C50H29N5/c51-30-32-23-25-47-41(27-32)39-16-3-7-20-45(39)53(47)35-13-9-11-33(28-35)50-34(31-52)12-10-22-49(50)55-46-21-8-4-17-40(46)42-29-36(24-26-48(42)55)54-43-18-5-1-14-37(43)38-15-2-6-19-44(38)54/h1-29H. The fourth-order valence-corrected chi connectivity index (χ4v) is 8.80. The van der Waals surface area contributed by atoms with E-state index in [0.29, 0.717) is 11.1 Å². The molecule has 3 heterocycles. The number of nitrogens with zero attached hydrogens (tertiary/aromatic N) is 5. The zero-order valence-electron chi connectivity index (χ0n) is 29.5. The van der Waals surface area contributed by atoms with Crippen molar-refractivity contribution in [3.05, 3.63) is 187 Å². The minimum absolute atomic E-state index is 0.600. The van der Waals surface area contributed by atoms with E-state index >= 15 is 0 Å². The molecule has 0 saturated carbocycles. The van der Waals surface area contributed by atoms with Gasteiger partial charge < -0.3 is 13.7 Å². The maximum Gasteiger partial charge on any atom is 0.0998 e. The van der Waals surface area contributed by atoms with E-state index in [4.69, 9.17) is 0 Å². The average molecular weight is 700 g/mol. The summed E-state index contributed by atoms with van der Waals surface area (Å²) in [7, 11) is 0. The van der Waals surface area contributed by atoms with Crippen LogP contribution in [0.2, 0.25) is 0 Å². The first-order valence-corrected chi connectivity index (χ1v) is 18.3. The zero-order chi connectivity index (χ0) is 36.6. The van der Waals surface area contributed by atoms with Gasteiger partial charge in [0.2, 0.25) is 0 Å². The zero-order valence-corrected chi connectivity index (χ0v) is 29.5. The van der Waals surface area contributed by atoms with Crippen LogP contribution in [0.15, 0.2) is 176 Å². The van der Waals surface area contributed by atoms with Gasteiger partial charge in [0.25, 0.3) is 0 Å². The average Bonchev–Trinajstić information content (AvgIpc) is 3.88. The second kappa shape index (κ2) is 11.8. The van der Waals surface area contributed by atoms with E-state index in [0.717, 1.165) is 71.8 Å². The van der Waals surface area contributed by atoms with Crippen LogP contribution in [0.3, 0.4) is 0 Å². The first kappa shape index (κ1) is 30.7. The second-order valence-corrected chi connectivity index (χ2v) is 14.0. The molecule has 0 radical (unpaired) electrons. The maximum atomic E-state index is 10.6. The predicted molar refractivity (Wildman–Crippen MR) is 224 cm³/mol. The molecule has 0 fully saturated rings. The third-order valence-electron chi connectivity index (χ3n) is 11.1. The van der Waals surface area contributed by atoms with Gasteiger partial charge in [0.1, 0.15) is 0 Å². The predicted octanol–water partition coefficient (Wildman–Crippen LogP) is 12.4. The Kier molecular flexibility index (Phi) is 6.61. The molecule has 254 valence electrons. The van der Waals surface area contributed by atoms with Crippen LogP contribution in [-0.2, 0) is 0 Å². The SMILES string of the molecule is N#Cc1ccc2c(c1)c1ccccc1n2-c1cccc(-c2c(C#N)cccc2-n2c3ccccc3c3cc(-n4c5ccccc5c5ccccc54)ccc32)c1. The molecule has 11 aromatic rings. The van der Waals surface area contributed by atoms with Crippen molar-refractivity contribution in [3.63, 3.8) is 0 Å². The molecule has 0 amide bonds. The molecule has 0 spiro atoms. The van der Waals surface area contributed by atoms with E-state index < -0.39 is 0 Å². The lowest BCUT2D eigenvalue weighted by molar-refractivity contribution is 1.16. The summed E-state index contributed by atoms with van der Waals surface area (Å²) in [6.07, 6.45) is 0. The van der Waals surface area contributed by atoms with Crippen LogP contribution in [0.4, 0.5) is 0 Å². The van der Waals surface area contributed by atoms with Crippen LogP contribution >= 0.6 is 0 Å². The highest BCUT2D eigenvalue weighted by molar-refractivity contribution is 6.13. The molecule has 0 aliphatic carbocycles. The summed E-state index contributed by atoms with van der Waals surface area (Å²) < 4.78 is 6.92. The third-order valence-corrected chi connectivity index (χ3v) is 11.1. The first-order chi connectivity index (χ1) is 27.2. The molecule has 11 rings (SSSR count). The molecule has 3 aromatic heterocycles. The Morgan fingerprint density at radius 1 is 0.345 bits per heavy atom. The lowest BCUT2D eigenvalue weighted by Gasteiger charge is -2.17. The number of nitriles is 2. The molecule has 0 N–H and O–H groups in total. The quantitative estimate of drug-likeness (QED) is 0.184. The van der Waals surface area contributed by atoms with Crippen molar-refractivity contribution in [2.75, 3.05) is 0 Å². The second-order valence-electron chi connectivity index (χ2n) is 14.0. The summed E-state index contributed by atoms with van der Waals surface area (Å²) in [6, 6.07) is 66.0. The van der Waals surface area contributed by atoms with Gasteiger partial charge in [-0.05, 0) is 90.5 Å². The molecular formula is C50H29N5. The van der Waals surface area contributed by atoms with Crippen molar-refractivity contribution in [3.8, 4) is 40.3 Å². The molecule has 0 saturated heterocycles. The van der Waals surface area contributed by atoms with Gasteiger partial charge >= 0.3 is 0 Å². The Hall–Kier alpha value is -7.86. The number of para-hydroxylation sites is 4. The Balaban J connectivity index is 1.15. The van der Waals surface area contributed by atoms with Crippen LogP contribution < -0.4 is 0 Å². The third kappa shape index (κ3) is 4.45. The Labute approximate surface area is 316 Å². The molecule has 0 aliphatic heterocycles. The molecular weight excluding hydrogens is 671 g/mol. The Morgan fingerprint density at radius 3 is 1.45 bits per heavy atom. The van der Waals surface area contributed by atoms with Crippen molar-refractivity contribution in [1.29, 1.82) is 10.5 Å². The minimum atomic E-state index is 0.600. The van der Waals surface area contributed by atoms with Gasteiger partial charge in [-0.15, -0.1) is 0 Å². The van der Waals surface area contributed by atoms with Gasteiger partial charge in [-0.25, -0.2) is 0 Å². The number of aromatic nitrogens is 3. The fourth-order valence-electron chi connectivity index (χ4n) is 8.80. The highest BCUT2D eigenvalue weighted by Gasteiger charge is 2.21. The Morgan fingerprint density at radius 2 is 0.836 bits per heavy atom. The number of benzene rings is 8. The number of hydrogen-bond donors (Lipinski definition) is 0. The summed E-state index contributed by atoms with van der Waals surface area (Å²) in [4.78, 5) is 0. The number of hydrogen-bond acceptors (Lipinski definition) is 2. The van der Waals surface area contributed by atoms with Crippen LogP contribution in [0.1, 0.15) is 11.1 Å². The smallest absolute Gasteiger partial charge is 0.0998 e. The van der Waals surface area contributed by atoms with E-state index in [9.17, 15) is 10.5 Å². The van der Waals surface area contributed by atoms with Crippen molar-refractivity contribution >= 4 is 65.4 Å². The summed E-state index contributed by atoms with van der Waals surface area (Å²) in [6.45, 7) is 0. The lowest BCUT2D eigenvalue weighted by Crippen LogP contribution is -2.01. The van der Waals surface area contributed by atoms with Crippen LogP contribution in [0, 0.1) is 22.7 Å². The molecule has 0 unspecified atom stereocenters. The molecule has 0 bridgehead atoms. The molecule has 5 nitrogen and oxygen atoms in total. The summed E-state index contributed by atoms with van der Waals surface area (Å²) >= 11 is 0. The lowest BCUT2D eigenvalue weighted by atomic mass is 9.97. The van der Waals surface area contributed by atoms with Crippen LogP contribution in [0.5, 0.6) is 0 Å². The number of rotatable bonds is 4. The summed E-state index contributed by atoms with van der Waals surface area (Å²) in [5, 5.41) is 27.2. The highest BCUT2D eigenvalue weighted by Crippen LogP contribution is 2.41. The summed E-state index contributed by atoms with van der Waals surface area (Å²) in [5.74, 6) is 0. The van der Waals surface area contributed by atoms with Gasteiger partial charge in [0.15, 0.2) is 0 Å². The van der Waals surface area contributed by atoms with Gasteiger partial charge in [0, 0.05) is 49.3 Å². The minimum Gasteiger partial charge on any atom is -0.309 e. The highest BCUT2D eigenvalue weighted by atomic mass is 15.0. The van der Waals surface area contributed by atoms with E-state index in [2.05, 4.69) is 159 Å². The van der Waals surface area contributed by atoms with E-state index in [1.807, 2.05) is 42.5 Å². The molecule has 0 atom stereocenters. The van der Waals surface area contributed by atoms with Crippen molar-refractivity contribution in [1.82, 2.24) is 13.7 Å². The van der Waals surface area contributed by atoms with Gasteiger partial charge in [-0.1, -0.05) is 91.0 Å². The van der Waals surface area contributed by atoms with E-state index in [1.54, 1.807) is 0 Å². The van der Waals surface area contributed by atoms with Crippen molar-refractivity contribution in [2.24, 2.45) is 0 Å². The Bertz CT molecular complexity index is 3420. The van der Waals surface area contributed by atoms with E-state index in [1.165, 1.54) is 21.8 Å². The molecule has 5 heteroatoms. The molecule has 55 heavy (non-hydrogen) atoms.